The van der Waals surface area contributed by atoms with Crippen LogP contribution in [0.2, 0.25) is 5.02 Å². The predicted octanol–water partition coefficient (Wildman–Crippen LogP) is 4.53. The van der Waals surface area contributed by atoms with E-state index in [1.54, 1.807) is 24.3 Å². The van der Waals surface area contributed by atoms with Crippen LogP contribution < -0.4 is 10.5 Å². The lowest BCUT2D eigenvalue weighted by atomic mass is 10.2. The highest BCUT2D eigenvalue weighted by atomic mass is 79.9. The summed E-state index contributed by atoms with van der Waals surface area (Å²) in [5.74, 6) is 1.28. The van der Waals surface area contributed by atoms with Crippen molar-refractivity contribution < 1.29 is 4.74 Å². The zero-order chi connectivity index (χ0) is 13.1. The SMILES string of the molecule is NC(=S)c1ccc(Oc2ccc(Br)cc2Cl)cc1. The third-order valence-electron chi connectivity index (χ3n) is 2.26. The number of halogens is 2. The molecule has 0 amide bonds. The number of ether oxygens (including phenoxy) is 1. The molecule has 2 nitrogen and oxygen atoms in total. The highest BCUT2D eigenvalue weighted by Crippen LogP contribution is 2.31. The van der Waals surface area contributed by atoms with Crippen molar-refractivity contribution in [3.63, 3.8) is 0 Å². The quantitative estimate of drug-likeness (QED) is 0.832. The summed E-state index contributed by atoms with van der Waals surface area (Å²) in [5, 5.41) is 0.544. The minimum absolute atomic E-state index is 0.364. The van der Waals surface area contributed by atoms with E-state index in [1.165, 1.54) is 0 Å². The van der Waals surface area contributed by atoms with E-state index >= 15 is 0 Å². The Balaban J connectivity index is 2.21. The average molecular weight is 343 g/mol. The van der Waals surface area contributed by atoms with Crippen LogP contribution in [0, 0.1) is 0 Å². The number of benzene rings is 2. The fraction of sp³-hybridized carbons (Fsp3) is 0. The normalized spacial score (nSPS) is 10.1. The predicted molar refractivity (Wildman–Crippen MR) is 81.6 cm³/mol. The first-order chi connectivity index (χ1) is 8.56. The maximum Gasteiger partial charge on any atom is 0.146 e. The summed E-state index contributed by atoms with van der Waals surface area (Å²) in [4.78, 5) is 0.364. The van der Waals surface area contributed by atoms with Crippen molar-refractivity contribution in [1.82, 2.24) is 0 Å². The lowest BCUT2D eigenvalue weighted by Crippen LogP contribution is -2.08. The Labute approximate surface area is 124 Å². The topological polar surface area (TPSA) is 35.2 Å². The van der Waals surface area contributed by atoms with Gasteiger partial charge in [-0.25, -0.2) is 0 Å². The summed E-state index contributed by atoms with van der Waals surface area (Å²) in [5.41, 5.74) is 6.33. The van der Waals surface area contributed by atoms with Gasteiger partial charge in [-0.1, -0.05) is 39.7 Å². The molecule has 0 saturated carbocycles. The van der Waals surface area contributed by atoms with E-state index in [9.17, 15) is 0 Å². The largest absolute Gasteiger partial charge is 0.456 e. The molecule has 0 heterocycles. The molecule has 5 heteroatoms. The molecule has 0 fully saturated rings. The molecule has 0 atom stereocenters. The highest BCUT2D eigenvalue weighted by Gasteiger charge is 2.04. The molecule has 2 N–H and O–H groups in total. The van der Waals surface area contributed by atoms with Crippen molar-refractivity contribution in [2.45, 2.75) is 0 Å². The van der Waals surface area contributed by atoms with Crippen molar-refractivity contribution in [3.05, 3.63) is 57.5 Å². The molecule has 18 heavy (non-hydrogen) atoms. The average Bonchev–Trinajstić information content (AvgIpc) is 2.33. The molecule has 0 spiro atoms. The zero-order valence-corrected chi connectivity index (χ0v) is 12.3. The zero-order valence-electron chi connectivity index (χ0n) is 9.19. The van der Waals surface area contributed by atoms with E-state index in [-0.39, 0.29) is 0 Å². The molecule has 0 radical (unpaired) electrons. The van der Waals surface area contributed by atoms with Gasteiger partial charge in [0.1, 0.15) is 16.5 Å². The van der Waals surface area contributed by atoms with Crippen LogP contribution in [0.15, 0.2) is 46.9 Å². The van der Waals surface area contributed by atoms with Gasteiger partial charge in [-0.05, 0) is 42.5 Å². The molecular weight excluding hydrogens is 334 g/mol. The molecule has 0 unspecified atom stereocenters. The Morgan fingerprint density at radius 3 is 2.39 bits per heavy atom. The number of nitrogens with two attached hydrogens (primary N) is 1. The molecule has 0 aliphatic rings. The van der Waals surface area contributed by atoms with Gasteiger partial charge in [0.05, 0.1) is 5.02 Å². The smallest absolute Gasteiger partial charge is 0.146 e. The van der Waals surface area contributed by atoms with Gasteiger partial charge in [0, 0.05) is 10.0 Å². The van der Waals surface area contributed by atoms with E-state index in [1.807, 2.05) is 18.2 Å². The Bertz CT molecular complexity index is 586. The first-order valence-corrected chi connectivity index (χ1v) is 6.67. The molecule has 0 aliphatic carbocycles. The maximum atomic E-state index is 6.07. The summed E-state index contributed by atoms with van der Waals surface area (Å²) in [6.45, 7) is 0. The van der Waals surface area contributed by atoms with Crippen LogP contribution in [0.1, 0.15) is 5.56 Å². The van der Waals surface area contributed by atoms with Crippen LogP contribution in [0.3, 0.4) is 0 Å². The van der Waals surface area contributed by atoms with Gasteiger partial charge in [-0.3, -0.25) is 0 Å². The van der Waals surface area contributed by atoms with Crippen LogP contribution in [-0.4, -0.2) is 4.99 Å². The van der Waals surface area contributed by atoms with Crippen molar-refractivity contribution in [3.8, 4) is 11.5 Å². The van der Waals surface area contributed by atoms with Gasteiger partial charge in [-0.2, -0.15) is 0 Å². The molecular formula is C13H9BrClNOS. The number of hydrogen-bond donors (Lipinski definition) is 1. The Morgan fingerprint density at radius 2 is 1.83 bits per heavy atom. The summed E-state index contributed by atoms with van der Waals surface area (Å²) < 4.78 is 6.57. The van der Waals surface area contributed by atoms with Gasteiger partial charge >= 0.3 is 0 Å². The maximum absolute atomic E-state index is 6.07. The third kappa shape index (κ3) is 3.22. The van der Waals surface area contributed by atoms with Crippen LogP contribution in [0.25, 0.3) is 0 Å². The van der Waals surface area contributed by atoms with Crippen molar-refractivity contribution in [2.75, 3.05) is 0 Å². The summed E-state index contributed by atoms with van der Waals surface area (Å²) in [6.07, 6.45) is 0. The number of hydrogen-bond acceptors (Lipinski definition) is 2. The summed E-state index contributed by atoms with van der Waals surface area (Å²) >= 11 is 14.3. The molecule has 0 aromatic heterocycles. The fourth-order valence-electron chi connectivity index (χ4n) is 1.37. The van der Waals surface area contributed by atoms with Gasteiger partial charge < -0.3 is 10.5 Å². The lowest BCUT2D eigenvalue weighted by molar-refractivity contribution is 0.483. The van der Waals surface area contributed by atoms with Crippen LogP contribution in [0.4, 0.5) is 0 Å². The first-order valence-electron chi connectivity index (χ1n) is 5.09. The van der Waals surface area contributed by atoms with E-state index < -0.39 is 0 Å². The van der Waals surface area contributed by atoms with Gasteiger partial charge in [0.25, 0.3) is 0 Å². The van der Waals surface area contributed by atoms with Crippen LogP contribution in [-0.2, 0) is 0 Å². The molecule has 2 aromatic rings. The van der Waals surface area contributed by atoms with E-state index in [2.05, 4.69) is 15.9 Å². The van der Waals surface area contributed by atoms with Crippen LogP contribution in [0.5, 0.6) is 11.5 Å². The third-order valence-corrected chi connectivity index (χ3v) is 3.28. The van der Waals surface area contributed by atoms with E-state index in [0.717, 1.165) is 10.0 Å². The lowest BCUT2D eigenvalue weighted by Gasteiger charge is -2.08. The van der Waals surface area contributed by atoms with E-state index in [0.29, 0.717) is 21.5 Å². The molecule has 0 bridgehead atoms. The second kappa shape index (κ2) is 5.69. The standard InChI is InChI=1S/C13H9BrClNOS/c14-9-3-6-12(11(15)7-9)17-10-4-1-8(2-5-10)13(16)18/h1-7H,(H2,16,18). The fourth-order valence-corrected chi connectivity index (χ4v) is 2.22. The molecule has 2 aromatic carbocycles. The minimum atomic E-state index is 0.364. The Hall–Kier alpha value is -1.10. The number of rotatable bonds is 3. The second-order valence-electron chi connectivity index (χ2n) is 3.57. The first kappa shape index (κ1) is 13.3. The number of thiocarbonyl (C=S) groups is 1. The van der Waals surface area contributed by atoms with Crippen molar-refractivity contribution in [1.29, 1.82) is 0 Å². The Kier molecular flexibility index (Phi) is 4.22. The summed E-state index contributed by atoms with van der Waals surface area (Å²) in [7, 11) is 0. The van der Waals surface area contributed by atoms with Gasteiger partial charge in [0.15, 0.2) is 0 Å². The molecule has 0 saturated heterocycles. The molecule has 2 rings (SSSR count). The molecule has 0 aliphatic heterocycles. The second-order valence-corrected chi connectivity index (χ2v) is 5.33. The van der Waals surface area contributed by atoms with Crippen molar-refractivity contribution >= 4 is 44.7 Å². The van der Waals surface area contributed by atoms with Gasteiger partial charge in [-0.15, -0.1) is 0 Å². The van der Waals surface area contributed by atoms with Crippen molar-refractivity contribution in [2.24, 2.45) is 5.73 Å². The highest BCUT2D eigenvalue weighted by molar-refractivity contribution is 9.10. The van der Waals surface area contributed by atoms with Gasteiger partial charge in [0.2, 0.25) is 0 Å². The molecule has 92 valence electrons. The minimum Gasteiger partial charge on any atom is -0.456 e. The van der Waals surface area contributed by atoms with Crippen LogP contribution >= 0.6 is 39.7 Å². The summed E-state index contributed by atoms with van der Waals surface area (Å²) in [6, 6.07) is 12.7. The van der Waals surface area contributed by atoms with E-state index in [4.69, 9.17) is 34.3 Å². The monoisotopic (exact) mass is 341 g/mol. The Morgan fingerprint density at radius 1 is 1.17 bits per heavy atom.